The summed E-state index contributed by atoms with van der Waals surface area (Å²) in [6, 6.07) is 8.06. The third kappa shape index (κ3) is 3.43. The second-order valence-electron chi connectivity index (χ2n) is 5.44. The van der Waals surface area contributed by atoms with Crippen molar-refractivity contribution in [1.29, 1.82) is 0 Å². The maximum atomic E-state index is 10.2. The predicted molar refractivity (Wildman–Crippen MR) is 78.2 cm³/mol. The number of rotatable bonds is 5. The molecule has 2 aromatic rings. The molecule has 0 spiro atoms. The summed E-state index contributed by atoms with van der Waals surface area (Å²) in [4.78, 5) is 4.49. The quantitative estimate of drug-likeness (QED) is 0.868. The van der Waals surface area contributed by atoms with Crippen LogP contribution >= 0.6 is 11.3 Å². The van der Waals surface area contributed by atoms with Gasteiger partial charge in [0.2, 0.25) is 0 Å². The van der Waals surface area contributed by atoms with Crippen molar-refractivity contribution in [3.05, 3.63) is 24.3 Å². The van der Waals surface area contributed by atoms with E-state index in [0.717, 1.165) is 17.1 Å². The standard InChI is InChI=1S/C14H20N2OS/c1-10(2)8-14(3,17)9-15-13-16-11-6-4-5-7-12(11)18-13/h4-7,10,17H,8-9H2,1-3H3,(H,15,16). The molecule has 0 saturated heterocycles. The molecule has 1 heterocycles. The molecule has 0 saturated carbocycles. The summed E-state index contributed by atoms with van der Waals surface area (Å²) in [7, 11) is 0. The fraction of sp³-hybridized carbons (Fsp3) is 0.500. The zero-order valence-corrected chi connectivity index (χ0v) is 11.9. The molecule has 3 nitrogen and oxygen atoms in total. The van der Waals surface area contributed by atoms with Gasteiger partial charge >= 0.3 is 0 Å². The van der Waals surface area contributed by atoms with Crippen molar-refractivity contribution in [2.75, 3.05) is 11.9 Å². The lowest BCUT2D eigenvalue weighted by Crippen LogP contribution is -2.34. The number of fused-ring (bicyclic) bond motifs is 1. The van der Waals surface area contributed by atoms with E-state index in [9.17, 15) is 5.11 Å². The molecule has 0 fully saturated rings. The van der Waals surface area contributed by atoms with E-state index in [1.54, 1.807) is 11.3 Å². The number of thiazole rings is 1. The van der Waals surface area contributed by atoms with E-state index in [1.165, 1.54) is 4.70 Å². The van der Waals surface area contributed by atoms with E-state index in [-0.39, 0.29) is 0 Å². The Morgan fingerprint density at radius 3 is 2.78 bits per heavy atom. The minimum Gasteiger partial charge on any atom is -0.388 e. The lowest BCUT2D eigenvalue weighted by molar-refractivity contribution is 0.0515. The Labute approximate surface area is 112 Å². The van der Waals surface area contributed by atoms with Gasteiger partial charge in [0.15, 0.2) is 5.13 Å². The van der Waals surface area contributed by atoms with Crippen LogP contribution in [0.3, 0.4) is 0 Å². The molecule has 0 aliphatic heterocycles. The topological polar surface area (TPSA) is 45.1 Å². The molecule has 4 heteroatoms. The van der Waals surface area contributed by atoms with Crippen molar-refractivity contribution in [1.82, 2.24) is 4.98 Å². The zero-order valence-electron chi connectivity index (χ0n) is 11.1. The van der Waals surface area contributed by atoms with Crippen LogP contribution in [-0.4, -0.2) is 22.2 Å². The maximum Gasteiger partial charge on any atom is 0.183 e. The Morgan fingerprint density at radius 2 is 2.11 bits per heavy atom. The first-order chi connectivity index (χ1) is 8.46. The minimum atomic E-state index is -0.688. The SMILES string of the molecule is CC(C)CC(C)(O)CNc1nc2ccccc2s1. The van der Waals surface area contributed by atoms with Crippen LogP contribution < -0.4 is 5.32 Å². The largest absolute Gasteiger partial charge is 0.388 e. The van der Waals surface area contributed by atoms with Crippen LogP contribution in [-0.2, 0) is 0 Å². The van der Waals surface area contributed by atoms with Crippen molar-refractivity contribution in [3.63, 3.8) is 0 Å². The van der Waals surface area contributed by atoms with E-state index in [2.05, 4.69) is 30.2 Å². The molecule has 0 aliphatic carbocycles. The summed E-state index contributed by atoms with van der Waals surface area (Å²) in [6.45, 7) is 6.64. The predicted octanol–water partition coefficient (Wildman–Crippen LogP) is 3.51. The number of aromatic nitrogens is 1. The fourth-order valence-electron chi connectivity index (χ4n) is 2.17. The first-order valence-corrected chi connectivity index (χ1v) is 7.10. The van der Waals surface area contributed by atoms with Gasteiger partial charge < -0.3 is 10.4 Å². The summed E-state index contributed by atoms with van der Waals surface area (Å²) in [6.07, 6.45) is 0.783. The highest BCUT2D eigenvalue weighted by atomic mass is 32.1. The van der Waals surface area contributed by atoms with Crippen molar-refractivity contribution >= 4 is 26.7 Å². The molecule has 1 unspecified atom stereocenters. The van der Waals surface area contributed by atoms with Gasteiger partial charge in [-0.05, 0) is 31.4 Å². The van der Waals surface area contributed by atoms with Gasteiger partial charge in [0.05, 0.1) is 15.8 Å². The molecular formula is C14H20N2OS. The normalized spacial score (nSPS) is 14.9. The van der Waals surface area contributed by atoms with Crippen molar-refractivity contribution in [2.24, 2.45) is 5.92 Å². The summed E-state index contributed by atoms with van der Waals surface area (Å²) < 4.78 is 1.17. The minimum absolute atomic E-state index is 0.483. The van der Waals surface area contributed by atoms with Crippen LogP contribution in [0.5, 0.6) is 0 Å². The van der Waals surface area contributed by atoms with Crippen molar-refractivity contribution in [2.45, 2.75) is 32.8 Å². The second kappa shape index (κ2) is 5.24. The van der Waals surface area contributed by atoms with Gasteiger partial charge in [-0.3, -0.25) is 0 Å². The molecule has 1 atom stereocenters. The molecule has 0 aliphatic rings. The number of hydrogen-bond acceptors (Lipinski definition) is 4. The van der Waals surface area contributed by atoms with E-state index >= 15 is 0 Å². The van der Waals surface area contributed by atoms with Crippen molar-refractivity contribution < 1.29 is 5.11 Å². The summed E-state index contributed by atoms with van der Waals surface area (Å²) in [5.41, 5.74) is 0.319. The molecule has 0 bridgehead atoms. The van der Waals surface area contributed by atoms with E-state index < -0.39 is 5.60 Å². The third-order valence-electron chi connectivity index (χ3n) is 2.76. The van der Waals surface area contributed by atoms with Gasteiger partial charge in [-0.1, -0.05) is 37.3 Å². The Hall–Kier alpha value is -1.13. The maximum absolute atomic E-state index is 10.2. The highest BCUT2D eigenvalue weighted by Gasteiger charge is 2.21. The fourth-order valence-corrected chi connectivity index (χ4v) is 3.03. The molecule has 0 amide bonds. The average Bonchev–Trinajstić information content (AvgIpc) is 2.67. The monoisotopic (exact) mass is 264 g/mol. The molecule has 18 heavy (non-hydrogen) atoms. The lowest BCUT2D eigenvalue weighted by atomic mass is 9.94. The Bertz CT molecular complexity index is 486. The summed E-state index contributed by atoms with van der Waals surface area (Å²) >= 11 is 1.62. The summed E-state index contributed by atoms with van der Waals surface area (Å²) in [5.74, 6) is 0.483. The molecule has 2 rings (SSSR count). The van der Waals surface area contributed by atoms with Crippen LogP contribution in [0.4, 0.5) is 5.13 Å². The number of para-hydroxylation sites is 1. The highest BCUT2D eigenvalue weighted by Crippen LogP contribution is 2.26. The molecular weight excluding hydrogens is 244 g/mol. The Kier molecular flexibility index (Phi) is 3.88. The number of anilines is 1. The van der Waals surface area contributed by atoms with Crippen LogP contribution in [0, 0.1) is 5.92 Å². The lowest BCUT2D eigenvalue weighted by Gasteiger charge is -2.25. The van der Waals surface area contributed by atoms with E-state index in [4.69, 9.17) is 0 Å². The van der Waals surface area contributed by atoms with Gasteiger partial charge in [-0.25, -0.2) is 4.98 Å². The number of aliphatic hydroxyl groups is 1. The molecule has 1 aromatic carbocycles. The third-order valence-corrected chi connectivity index (χ3v) is 3.76. The first kappa shape index (κ1) is 13.3. The van der Waals surface area contributed by atoms with E-state index in [0.29, 0.717) is 12.5 Å². The number of benzene rings is 1. The van der Waals surface area contributed by atoms with Gasteiger partial charge in [-0.15, -0.1) is 0 Å². The van der Waals surface area contributed by atoms with Gasteiger partial charge in [0.25, 0.3) is 0 Å². The second-order valence-corrected chi connectivity index (χ2v) is 6.47. The number of nitrogens with zero attached hydrogens (tertiary/aromatic N) is 1. The average molecular weight is 264 g/mol. The van der Waals surface area contributed by atoms with Gasteiger partial charge in [0.1, 0.15) is 0 Å². The van der Waals surface area contributed by atoms with E-state index in [1.807, 2.05) is 25.1 Å². The van der Waals surface area contributed by atoms with Gasteiger partial charge in [-0.2, -0.15) is 0 Å². The molecule has 0 radical (unpaired) electrons. The number of hydrogen-bond donors (Lipinski definition) is 2. The van der Waals surface area contributed by atoms with Gasteiger partial charge in [0, 0.05) is 6.54 Å². The highest BCUT2D eigenvalue weighted by molar-refractivity contribution is 7.22. The Morgan fingerprint density at radius 1 is 1.39 bits per heavy atom. The van der Waals surface area contributed by atoms with Crippen LogP contribution in [0.25, 0.3) is 10.2 Å². The molecule has 1 aromatic heterocycles. The van der Waals surface area contributed by atoms with Crippen LogP contribution in [0.1, 0.15) is 27.2 Å². The Balaban J connectivity index is 2.01. The van der Waals surface area contributed by atoms with Crippen LogP contribution in [0.15, 0.2) is 24.3 Å². The zero-order chi connectivity index (χ0) is 13.2. The molecule has 98 valence electrons. The summed E-state index contributed by atoms with van der Waals surface area (Å²) in [5, 5.41) is 14.3. The van der Waals surface area contributed by atoms with Crippen molar-refractivity contribution in [3.8, 4) is 0 Å². The van der Waals surface area contributed by atoms with Crippen LogP contribution in [0.2, 0.25) is 0 Å². The molecule has 2 N–H and O–H groups in total. The first-order valence-electron chi connectivity index (χ1n) is 6.28. The smallest absolute Gasteiger partial charge is 0.183 e. The number of nitrogens with one attached hydrogen (secondary N) is 1.